The van der Waals surface area contributed by atoms with Crippen molar-refractivity contribution in [2.45, 2.75) is 12.8 Å². The predicted octanol–water partition coefficient (Wildman–Crippen LogP) is 4.33. The molecule has 0 aliphatic heterocycles. The third kappa shape index (κ3) is 6.32. The second-order valence-electron chi connectivity index (χ2n) is 4.76. The van der Waals surface area contributed by atoms with E-state index in [2.05, 4.69) is 18.2 Å². The van der Waals surface area contributed by atoms with E-state index in [1.165, 1.54) is 24.3 Å². The molecular weight excluding hydrogens is 346 g/mol. The smallest absolute Gasteiger partial charge is 0.289 e. The van der Waals surface area contributed by atoms with Crippen LogP contribution < -0.4 is 0 Å². The van der Waals surface area contributed by atoms with Crippen molar-refractivity contribution in [3.63, 3.8) is 0 Å². The average Bonchev–Trinajstić information content (AvgIpc) is 3.28. The van der Waals surface area contributed by atoms with Crippen LogP contribution in [0.15, 0.2) is 72.4 Å². The van der Waals surface area contributed by atoms with Gasteiger partial charge in [-0.05, 0) is 6.08 Å². The molecule has 24 heavy (non-hydrogen) atoms. The topological polar surface area (TPSA) is 60.2 Å². The second kappa shape index (κ2) is 10.3. The number of hydrogen-bond acceptors (Lipinski definition) is 3. The van der Waals surface area contributed by atoms with Gasteiger partial charge in [-0.25, -0.2) is 18.2 Å². The van der Waals surface area contributed by atoms with Gasteiger partial charge in [0, 0.05) is 17.7 Å². The third-order valence-corrected chi connectivity index (χ3v) is 3.08. The molecule has 0 radical (unpaired) electrons. The summed E-state index contributed by atoms with van der Waals surface area (Å²) in [6.07, 6.45) is 20.6. The van der Waals surface area contributed by atoms with E-state index in [9.17, 15) is 14.9 Å². The van der Waals surface area contributed by atoms with Gasteiger partial charge in [0.2, 0.25) is 0 Å². The first-order chi connectivity index (χ1) is 11.2. The van der Waals surface area contributed by atoms with E-state index in [0.717, 1.165) is 18.4 Å². The Kier molecular flexibility index (Phi) is 8.41. The van der Waals surface area contributed by atoms with Gasteiger partial charge in [0.15, 0.2) is 5.78 Å². The summed E-state index contributed by atoms with van der Waals surface area (Å²) in [6, 6.07) is 5.70. The van der Waals surface area contributed by atoms with E-state index in [4.69, 9.17) is 0 Å². The molecule has 0 spiro atoms. The van der Waals surface area contributed by atoms with Crippen LogP contribution >= 0.6 is 0 Å². The van der Waals surface area contributed by atoms with E-state index in [-0.39, 0.29) is 28.5 Å². The Labute approximate surface area is 151 Å². The molecule has 122 valence electrons. The van der Waals surface area contributed by atoms with Crippen LogP contribution in [0.1, 0.15) is 23.2 Å². The fourth-order valence-corrected chi connectivity index (χ4v) is 1.91. The summed E-state index contributed by atoms with van der Waals surface area (Å²) in [6.45, 7) is 0. The van der Waals surface area contributed by atoms with Gasteiger partial charge >= 0.3 is 17.1 Å². The summed E-state index contributed by atoms with van der Waals surface area (Å²) < 4.78 is 0. The maximum absolute atomic E-state index is 11.8. The Bertz CT molecular complexity index is 733. The first-order valence-corrected chi connectivity index (χ1v) is 7.12. The molecule has 0 amide bonds. The largest absolute Gasteiger partial charge is 2.00 e. The average molecular weight is 361 g/mol. The number of nitrogens with zero attached hydrogens (tertiary/aromatic N) is 1. The Balaban J connectivity index is 0.000000412. The summed E-state index contributed by atoms with van der Waals surface area (Å²) in [5.74, 6) is -0.250. The number of nitro benzene ring substituents is 1. The molecule has 0 atom stereocenters. The van der Waals surface area contributed by atoms with E-state index in [0.29, 0.717) is 5.56 Å². The molecule has 2 aliphatic rings. The van der Waals surface area contributed by atoms with Gasteiger partial charge in [0.25, 0.3) is 5.69 Å². The van der Waals surface area contributed by atoms with Gasteiger partial charge in [0.05, 0.1) is 4.92 Å². The number of hydrogen-bond donors (Lipinski definition) is 0. The molecule has 0 N–H and O–H groups in total. The summed E-state index contributed by atoms with van der Waals surface area (Å²) in [4.78, 5) is 21.9. The van der Waals surface area contributed by atoms with E-state index in [1.807, 2.05) is 18.2 Å². The van der Waals surface area contributed by atoms with Crippen molar-refractivity contribution < 1.29 is 26.8 Å². The molecule has 0 aromatic heterocycles. The van der Waals surface area contributed by atoms with Crippen LogP contribution in [-0.4, -0.2) is 10.7 Å². The molecule has 1 aromatic rings. The fourth-order valence-electron chi connectivity index (χ4n) is 1.91. The Morgan fingerprint density at radius 3 is 2.62 bits per heavy atom. The maximum atomic E-state index is 11.8. The molecule has 3 rings (SSSR count). The van der Waals surface area contributed by atoms with Crippen LogP contribution in [0.25, 0.3) is 0 Å². The third-order valence-electron chi connectivity index (χ3n) is 3.08. The first-order valence-electron chi connectivity index (χ1n) is 7.12. The molecular formula is C19H15FeNO3. The molecule has 0 heterocycles. The zero-order valence-electron chi connectivity index (χ0n) is 12.8. The number of non-ortho nitro benzene ring substituents is 1. The fraction of sp³-hybridized carbons (Fsp3) is 0.105. The zero-order valence-corrected chi connectivity index (χ0v) is 13.9. The second-order valence-corrected chi connectivity index (χ2v) is 4.76. The molecule has 2 aliphatic carbocycles. The summed E-state index contributed by atoms with van der Waals surface area (Å²) in [5, 5.41) is 10.6. The minimum atomic E-state index is -0.516. The molecule has 0 fully saturated rings. The maximum Gasteiger partial charge on any atom is 2.00 e. The van der Waals surface area contributed by atoms with E-state index < -0.39 is 4.92 Å². The van der Waals surface area contributed by atoms with Gasteiger partial charge in [-0.1, -0.05) is 12.1 Å². The minimum absolute atomic E-state index is 0. The van der Waals surface area contributed by atoms with Crippen molar-refractivity contribution in [3.8, 4) is 0 Å². The van der Waals surface area contributed by atoms with Crippen molar-refractivity contribution >= 4 is 11.5 Å². The van der Waals surface area contributed by atoms with Crippen LogP contribution in [0, 0.1) is 22.3 Å². The zero-order chi connectivity index (χ0) is 16.5. The molecule has 4 nitrogen and oxygen atoms in total. The van der Waals surface area contributed by atoms with Crippen LogP contribution in [0.2, 0.25) is 0 Å². The van der Waals surface area contributed by atoms with Gasteiger partial charge in [-0.3, -0.25) is 27.1 Å². The summed E-state index contributed by atoms with van der Waals surface area (Å²) >= 11 is 0. The standard InChI is InChI=1S/C14H10NO3.C5H5.Fe/c16-14(9-8-11-4-1-2-5-11)12-6-3-7-13(10-12)15(17)18;1-2-4-5-3-1;/h3-10H,1H2;1-3H,4H2;/q2*-1;+2/b9-8+;;. The molecule has 1 aromatic carbocycles. The van der Waals surface area contributed by atoms with Crippen LogP contribution in [0.3, 0.4) is 0 Å². The quantitative estimate of drug-likeness (QED) is 0.200. The van der Waals surface area contributed by atoms with E-state index >= 15 is 0 Å². The van der Waals surface area contributed by atoms with Crippen molar-refractivity contribution in [2.75, 3.05) is 0 Å². The van der Waals surface area contributed by atoms with Crippen molar-refractivity contribution in [2.24, 2.45) is 0 Å². The molecule has 0 bridgehead atoms. The summed E-state index contributed by atoms with van der Waals surface area (Å²) in [7, 11) is 0. The molecule has 0 saturated carbocycles. The first kappa shape index (κ1) is 19.6. The Morgan fingerprint density at radius 2 is 2.08 bits per heavy atom. The van der Waals surface area contributed by atoms with E-state index in [1.54, 1.807) is 18.2 Å². The number of carbonyl (C=O) groups is 1. The Morgan fingerprint density at radius 1 is 1.25 bits per heavy atom. The van der Waals surface area contributed by atoms with Crippen molar-refractivity contribution in [1.29, 1.82) is 0 Å². The number of carbonyl (C=O) groups excluding carboxylic acids is 1. The van der Waals surface area contributed by atoms with Gasteiger partial charge in [-0.15, -0.1) is 18.9 Å². The van der Waals surface area contributed by atoms with Crippen LogP contribution in [0.4, 0.5) is 5.69 Å². The number of nitro groups is 1. The van der Waals surface area contributed by atoms with Crippen LogP contribution in [0.5, 0.6) is 0 Å². The number of benzene rings is 1. The van der Waals surface area contributed by atoms with Gasteiger partial charge < -0.3 is 0 Å². The molecule has 0 unspecified atom stereocenters. The number of ketones is 1. The van der Waals surface area contributed by atoms with Crippen molar-refractivity contribution in [1.82, 2.24) is 0 Å². The van der Waals surface area contributed by atoms with Crippen LogP contribution in [-0.2, 0) is 17.1 Å². The SMILES string of the molecule is O=C(/C=C/C1=CC[C-]=C1)c1cccc([N+](=O)[O-])c1.[C-]1=CC=CC1.[Fe+2]. The predicted molar refractivity (Wildman–Crippen MR) is 88.6 cm³/mol. The molecule has 5 heteroatoms. The summed E-state index contributed by atoms with van der Waals surface area (Å²) in [5.41, 5.74) is 1.16. The van der Waals surface area contributed by atoms with Gasteiger partial charge in [0.1, 0.15) is 0 Å². The minimum Gasteiger partial charge on any atom is -0.289 e. The number of allylic oxidation sites excluding steroid dienone is 10. The monoisotopic (exact) mass is 361 g/mol. The molecule has 0 saturated heterocycles. The van der Waals surface area contributed by atoms with Gasteiger partial charge in [-0.2, -0.15) is 17.7 Å². The van der Waals surface area contributed by atoms with Crippen molar-refractivity contribution in [3.05, 3.63) is 100 Å². The number of rotatable bonds is 4. The Hall–Kier alpha value is -2.49. The normalized spacial score (nSPS) is 14.1.